The normalized spacial score (nSPS) is 17.6. The van der Waals surface area contributed by atoms with E-state index in [1.165, 1.54) is 78.4 Å². The maximum absolute atomic E-state index is 2.51. The van der Waals surface area contributed by atoms with Gasteiger partial charge in [0.2, 0.25) is 0 Å². The van der Waals surface area contributed by atoms with Gasteiger partial charge < -0.3 is 9.80 Å². The summed E-state index contributed by atoms with van der Waals surface area (Å²) >= 11 is 0. The first-order valence-corrected chi connectivity index (χ1v) is 22.8. The molecule has 2 aliphatic carbocycles. The molecule has 0 aromatic heterocycles. The number of benzene rings is 7. The van der Waals surface area contributed by atoms with Crippen molar-refractivity contribution in [2.75, 3.05) is 9.80 Å². The molecule has 2 nitrogen and oxygen atoms in total. The van der Waals surface area contributed by atoms with E-state index in [0.717, 1.165) is 19.3 Å². The van der Waals surface area contributed by atoms with Gasteiger partial charge in [-0.2, -0.15) is 0 Å². The minimum absolute atomic E-state index is 0.171. The minimum Gasteiger partial charge on any atom is -0.334 e. The predicted molar refractivity (Wildman–Crippen MR) is 274 cm³/mol. The van der Waals surface area contributed by atoms with Gasteiger partial charge in [-0.1, -0.05) is 187 Å². The van der Waals surface area contributed by atoms with Crippen LogP contribution in [-0.4, -0.2) is 11.6 Å². The van der Waals surface area contributed by atoms with Crippen LogP contribution in [-0.2, 0) is 6.42 Å². The van der Waals surface area contributed by atoms with Gasteiger partial charge in [0.1, 0.15) is 0 Å². The minimum atomic E-state index is -0.192. The maximum atomic E-state index is 2.51. The Morgan fingerprint density at radius 1 is 0.625 bits per heavy atom. The topological polar surface area (TPSA) is 6.48 Å². The van der Waals surface area contributed by atoms with Crippen LogP contribution in [0.5, 0.6) is 0 Å². The van der Waals surface area contributed by atoms with Crippen molar-refractivity contribution in [1.29, 1.82) is 0 Å². The highest BCUT2D eigenvalue weighted by molar-refractivity contribution is 5.91. The van der Waals surface area contributed by atoms with Crippen LogP contribution in [0.1, 0.15) is 71.6 Å². The zero-order valence-corrected chi connectivity index (χ0v) is 37.6. The Kier molecular flexibility index (Phi) is 12.6. The number of para-hydroxylation sites is 2. The number of anilines is 4. The third-order valence-corrected chi connectivity index (χ3v) is 12.9. The number of rotatable bonds is 13. The number of hydrogen-bond donors (Lipinski definition) is 0. The summed E-state index contributed by atoms with van der Waals surface area (Å²) in [5, 5.41) is 0. The Bertz CT molecular complexity index is 2830. The first kappa shape index (κ1) is 42.2. The third-order valence-electron chi connectivity index (χ3n) is 12.9. The Morgan fingerprint density at radius 3 is 1.88 bits per heavy atom. The van der Waals surface area contributed by atoms with E-state index in [4.69, 9.17) is 0 Å². The lowest BCUT2D eigenvalue weighted by molar-refractivity contribution is 0.554. The van der Waals surface area contributed by atoms with Crippen LogP contribution in [0.15, 0.2) is 236 Å². The molecule has 0 radical (unpaired) electrons. The molecule has 7 aromatic carbocycles. The maximum Gasteiger partial charge on any atom is 0.0645 e. The molecule has 3 unspecified atom stereocenters. The van der Waals surface area contributed by atoms with Gasteiger partial charge in [0.15, 0.2) is 0 Å². The van der Waals surface area contributed by atoms with E-state index in [2.05, 4.69) is 268 Å². The standard InChI is InChI=1S/C62H58N2/c1-46-17-14-22-54(41-46)61(51-20-8-5-9-21-51)44-50-30-28-49(29-31-50)43-60(52-32-36-56(37-33-52)63(55-23-10-6-11-24-55)59-27-15-18-47(2)42-59)53-34-38-58(39-35-53)64(57-25-12-7-13-26-57)62(4)40-16-19-48(3)45-62/h5-36,38-42,44,56,60H,37,43,45H2,1-4H3/b61-44-. The molecular formula is C62H58N2. The first-order chi connectivity index (χ1) is 31.3. The van der Waals surface area contributed by atoms with E-state index in [1.807, 2.05) is 0 Å². The van der Waals surface area contributed by atoms with Gasteiger partial charge in [0.25, 0.3) is 0 Å². The van der Waals surface area contributed by atoms with Crippen LogP contribution in [0.2, 0.25) is 0 Å². The molecule has 9 rings (SSSR count). The largest absolute Gasteiger partial charge is 0.334 e. The summed E-state index contributed by atoms with van der Waals surface area (Å²) < 4.78 is 0. The van der Waals surface area contributed by atoms with Gasteiger partial charge in [0, 0.05) is 28.7 Å². The first-order valence-electron chi connectivity index (χ1n) is 22.8. The smallest absolute Gasteiger partial charge is 0.0645 e. The third kappa shape index (κ3) is 9.58. The molecule has 0 saturated heterocycles. The molecule has 0 saturated carbocycles. The van der Waals surface area contributed by atoms with Crippen LogP contribution < -0.4 is 9.80 Å². The lowest BCUT2D eigenvalue weighted by Gasteiger charge is -2.43. The lowest BCUT2D eigenvalue weighted by Crippen LogP contribution is -2.42. The van der Waals surface area contributed by atoms with Gasteiger partial charge >= 0.3 is 0 Å². The fourth-order valence-corrected chi connectivity index (χ4v) is 9.75. The zero-order valence-electron chi connectivity index (χ0n) is 37.6. The Morgan fingerprint density at radius 2 is 1.23 bits per heavy atom. The van der Waals surface area contributed by atoms with Gasteiger partial charge in [0.05, 0.1) is 11.6 Å². The van der Waals surface area contributed by atoms with Crippen LogP contribution >= 0.6 is 0 Å². The molecule has 64 heavy (non-hydrogen) atoms. The zero-order chi connectivity index (χ0) is 43.9. The lowest BCUT2D eigenvalue weighted by atomic mass is 9.82. The molecule has 0 bridgehead atoms. The van der Waals surface area contributed by atoms with Crippen molar-refractivity contribution in [2.24, 2.45) is 0 Å². The van der Waals surface area contributed by atoms with Gasteiger partial charge in [-0.3, -0.25) is 0 Å². The van der Waals surface area contributed by atoms with Crippen molar-refractivity contribution in [3.8, 4) is 0 Å². The molecule has 3 atom stereocenters. The molecule has 2 aliphatic rings. The van der Waals surface area contributed by atoms with E-state index in [0.29, 0.717) is 0 Å². The summed E-state index contributed by atoms with van der Waals surface area (Å²) in [5.74, 6) is 0.171. The van der Waals surface area contributed by atoms with E-state index in [9.17, 15) is 0 Å². The monoisotopic (exact) mass is 830 g/mol. The summed E-state index contributed by atoms with van der Waals surface area (Å²) in [4.78, 5) is 5.00. The molecule has 316 valence electrons. The number of nitrogens with zero attached hydrogens (tertiary/aromatic N) is 2. The Hall–Kier alpha value is -7.16. The average molecular weight is 831 g/mol. The van der Waals surface area contributed by atoms with Crippen molar-refractivity contribution in [3.63, 3.8) is 0 Å². The fraction of sp³-hybridized carbons (Fsp3) is 0.161. The Labute approximate surface area is 381 Å². The van der Waals surface area contributed by atoms with E-state index >= 15 is 0 Å². The van der Waals surface area contributed by atoms with Crippen LogP contribution in [0.4, 0.5) is 22.7 Å². The van der Waals surface area contributed by atoms with Crippen molar-refractivity contribution in [3.05, 3.63) is 275 Å². The highest BCUT2D eigenvalue weighted by Crippen LogP contribution is 2.42. The summed E-state index contributed by atoms with van der Waals surface area (Å²) in [5.41, 5.74) is 17.4. The second-order valence-corrected chi connectivity index (χ2v) is 17.9. The summed E-state index contributed by atoms with van der Waals surface area (Å²) in [6.07, 6.45) is 19.3. The quantitative estimate of drug-likeness (QED) is 0.107. The van der Waals surface area contributed by atoms with Crippen molar-refractivity contribution >= 4 is 34.4 Å². The average Bonchev–Trinajstić information content (AvgIpc) is 3.32. The molecule has 0 spiro atoms. The van der Waals surface area contributed by atoms with Crippen molar-refractivity contribution in [1.82, 2.24) is 0 Å². The second-order valence-electron chi connectivity index (χ2n) is 17.9. The van der Waals surface area contributed by atoms with E-state index < -0.39 is 0 Å². The number of allylic oxidation sites excluding steroid dienone is 4. The second kappa shape index (κ2) is 19.1. The highest BCUT2D eigenvalue weighted by atomic mass is 15.2. The van der Waals surface area contributed by atoms with Crippen molar-refractivity contribution in [2.45, 2.75) is 64.5 Å². The van der Waals surface area contributed by atoms with Crippen LogP contribution in [0, 0.1) is 13.8 Å². The van der Waals surface area contributed by atoms with Crippen LogP contribution in [0.25, 0.3) is 11.6 Å². The molecular weight excluding hydrogens is 773 g/mol. The molecule has 0 N–H and O–H groups in total. The summed E-state index contributed by atoms with van der Waals surface area (Å²) in [7, 11) is 0. The highest BCUT2D eigenvalue weighted by Gasteiger charge is 2.33. The molecule has 0 fully saturated rings. The van der Waals surface area contributed by atoms with E-state index in [-0.39, 0.29) is 17.5 Å². The number of hydrogen-bond acceptors (Lipinski definition) is 2. The summed E-state index contributed by atoms with van der Waals surface area (Å²) in [6, 6.07) is 69.0. The Balaban J connectivity index is 1.06. The van der Waals surface area contributed by atoms with Gasteiger partial charge in [-0.15, -0.1) is 0 Å². The fourth-order valence-electron chi connectivity index (χ4n) is 9.75. The van der Waals surface area contributed by atoms with Gasteiger partial charge in [-0.25, -0.2) is 0 Å². The predicted octanol–water partition coefficient (Wildman–Crippen LogP) is 16.1. The molecule has 0 aliphatic heterocycles. The van der Waals surface area contributed by atoms with Gasteiger partial charge in [-0.05, 0) is 146 Å². The van der Waals surface area contributed by atoms with E-state index in [1.54, 1.807) is 0 Å². The molecule has 0 heterocycles. The SMILES string of the molecule is CC1=CC=CC(C)(N(c2ccccc2)c2ccc(C(Cc3ccc(/C=C(/c4ccccc4)c4cccc(C)c4)cc3)C3=CCC(N(c4ccccc4)c4cccc(C)c4)C=C3)cc2)C1. The number of aryl methyl sites for hydroxylation is 2. The van der Waals surface area contributed by atoms with Crippen molar-refractivity contribution < 1.29 is 0 Å². The molecule has 0 amide bonds. The van der Waals surface area contributed by atoms with Crippen LogP contribution in [0.3, 0.4) is 0 Å². The molecule has 2 heteroatoms. The molecule has 7 aromatic rings. The summed E-state index contributed by atoms with van der Waals surface area (Å²) in [6.45, 7) is 8.94.